The van der Waals surface area contributed by atoms with E-state index in [-0.39, 0.29) is 23.4 Å². The minimum absolute atomic E-state index is 0.0151. The van der Waals surface area contributed by atoms with Crippen LogP contribution in [0.4, 0.5) is 0 Å². The molecule has 0 bridgehead atoms. The molecule has 3 aromatic rings. The van der Waals surface area contributed by atoms with Crippen LogP contribution < -0.4 is 10.9 Å². The van der Waals surface area contributed by atoms with E-state index in [9.17, 15) is 9.59 Å². The lowest BCUT2D eigenvalue weighted by Crippen LogP contribution is -2.31. The topological polar surface area (TPSA) is 87.7 Å². The van der Waals surface area contributed by atoms with Gasteiger partial charge in [0.15, 0.2) is 5.82 Å². The van der Waals surface area contributed by atoms with Crippen LogP contribution in [0.25, 0.3) is 11.5 Å². The van der Waals surface area contributed by atoms with E-state index in [1.807, 2.05) is 50.2 Å². The number of nitrogens with zero attached hydrogens (tertiary/aromatic N) is 2. The smallest absolute Gasteiger partial charge is 0.251 e. The number of carbonyl (C=O) groups excluding carboxylic acids is 1. The van der Waals surface area contributed by atoms with E-state index in [2.05, 4.69) is 20.3 Å². The molecule has 0 aliphatic heterocycles. The van der Waals surface area contributed by atoms with Gasteiger partial charge in [0.1, 0.15) is 5.69 Å². The zero-order valence-corrected chi connectivity index (χ0v) is 16.1. The fourth-order valence-electron chi connectivity index (χ4n) is 3.01. The normalized spacial score (nSPS) is 12.0. The van der Waals surface area contributed by atoms with Crippen LogP contribution in [0.15, 0.2) is 65.6 Å². The van der Waals surface area contributed by atoms with Gasteiger partial charge in [0.05, 0.1) is 11.7 Å². The lowest BCUT2D eigenvalue weighted by molar-refractivity contribution is -0.122. The summed E-state index contributed by atoms with van der Waals surface area (Å²) in [7, 11) is 0. The van der Waals surface area contributed by atoms with Crippen molar-refractivity contribution in [3.63, 3.8) is 0 Å². The average Bonchev–Trinajstić information content (AvgIpc) is 2.68. The van der Waals surface area contributed by atoms with Crippen molar-refractivity contribution in [2.24, 2.45) is 5.92 Å². The Morgan fingerprint density at radius 2 is 1.86 bits per heavy atom. The monoisotopic (exact) mass is 376 g/mol. The van der Waals surface area contributed by atoms with Gasteiger partial charge in [-0.3, -0.25) is 14.6 Å². The zero-order chi connectivity index (χ0) is 19.9. The lowest BCUT2D eigenvalue weighted by Gasteiger charge is -2.20. The van der Waals surface area contributed by atoms with E-state index >= 15 is 0 Å². The van der Waals surface area contributed by atoms with Crippen molar-refractivity contribution in [3.05, 3.63) is 82.4 Å². The molecule has 1 aromatic carbocycles. The average molecular weight is 376 g/mol. The highest BCUT2D eigenvalue weighted by molar-refractivity contribution is 5.76. The molecule has 0 saturated heterocycles. The molecular weight excluding hydrogens is 352 g/mol. The second-order valence-electron chi connectivity index (χ2n) is 7.13. The number of hydrogen-bond donors (Lipinski definition) is 2. The Morgan fingerprint density at radius 1 is 1.11 bits per heavy atom. The molecule has 2 N–H and O–H groups in total. The van der Waals surface area contributed by atoms with E-state index in [1.54, 1.807) is 18.3 Å². The van der Waals surface area contributed by atoms with Gasteiger partial charge in [-0.1, -0.05) is 50.2 Å². The lowest BCUT2D eigenvalue weighted by atomic mass is 10.0. The van der Waals surface area contributed by atoms with Crippen molar-refractivity contribution < 1.29 is 4.79 Å². The van der Waals surface area contributed by atoms with Gasteiger partial charge >= 0.3 is 0 Å². The Hall–Kier alpha value is -3.28. The molecule has 3 rings (SSSR count). The van der Waals surface area contributed by atoms with Crippen LogP contribution in [-0.2, 0) is 11.2 Å². The Bertz CT molecular complexity index is 969. The first-order valence-electron chi connectivity index (χ1n) is 9.37. The third-order valence-corrected chi connectivity index (χ3v) is 4.25. The third-order valence-electron chi connectivity index (χ3n) is 4.25. The summed E-state index contributed by atoms with van der Waals surface area (Å²) in [5.41, 5.74) is 1.93. The molecule has 28 heavy (non-hydrogen) atoms. The van der Waals surface area contributed by atoms with Crippen LogP contribution in [0.2, 0.25) is 0 Å². The first kappa shape index (κ1) is 19.5. The van der Waals surface area contributed by atoms with Crippen LogP contribution in [0.1, 0.15) is 37.6 Å². The van der Waals surface area contributed by atoms with Crippen molar-refractivity contribution >= 4 is 5.91 Å². The fraction of sp³-hybridized carbons (Fsp3) is 0.273. The van der Waals surface area contributed by atoms with Gasteiger partial charge in [0, 0.05) is 25.1 Å². The molecule has 0 unspecified atom stereocenters. The number of benzene rings is 1. The van der Waals surface area contributed by atoms with Crippen molar-refractivity contribution in [2.45, 2.75) is 32.7 Å². The fourth-order valence-corrected chi connectivity index (χ4v) is 3.01. The molecule has 0 aliphatic carbocycles. The second-order valence-corrected chi connectivity index (χ2v) is 7.13. The molecule has 2 heterocycles. The highest BCUT2D eigenvalue weighted by Gasteiger charge is 2.18. The standard InChI is InChI=1S/C22H24N4O2/c1-15(2)12-20(27)25-19(16-8-4-3-5-9-16)13-17-14-21(28)26-22(24-17)18-10-6-7-11-23-18/h3-11,14-15,19H,12-13H2,1-2H3,(H,25,27)(H,24,26,28)/t19-/m0/s1. The number of hydrogen-bond acceptors (Lipinski definition) is 4. The van der Waals surface area contributed by atoms with Crippen molar-refractivity contribution in [2.75, 3.05) is 0 Å². The van der Waals surface area contributed by atoms with Gasteiger partial charge in [-0.2, -0.15) is 0 Å². The first-order chi connectivity index (χ1) is 13.5. The van der Waals surface area contributed by atoms with Gasteiger partial charge in [-0.25, -0.2) is 4.98 Å². The minimum Gasteiger partial charge on any atom is -0.349 e. The van der Waals surface area contributed by atoms with Crippen LogP contribution in [0.5, 0.6) is 0 Å². The van der Waals surface area contributed by atoms with Crippen LogP contribution >= 0.6 is 0 Å². The summed E-state index contributed by atoms with van der Waals surface area (Å²) >= 11 is 0. The Labute approximate surface area is 164 Å². The number of aromatic nitrogens is 3. The number of pyridine rings is 1. The number of nitrogens with one attached hydrogen (secondary N) is 2. The number of carbonyl (C=O) groups is 1. The molecule has 0 fully saturated rings. The maximum absolute atomic E-state index is 12.4. The van der Waals surface area contributed by atoms with Crippen molar-refractivity contribution in [1.82, 2.24) is 20.3 Å². The predicted molar refractivity (Wildman–Crippen MR) is 109 cm³/mol. The van der Waals surface area contributed by atoms with Crippen molar-refractivity contribution in [1.29, 1.82) is 0 Å². The summed E-state index contributed by atoms with van der Waals surface area (Å²) in [6.07, 6.45) is 2.52. The van der Waals surface area contributed by atoms with Gasteiger partial charge in [0.25, 0.3) is 5.56 Å². The highest BCUT2D eigenvalue weighted by atomic mass is 16.1. The second kappa shape index (κ2) is 9.08. The Morgan fingerprint density at radius 3 is 2.54 bits per heavy atom. The molecule has 2 aromatic heterocycles. The number of amides is 1. The summed E-state index contributed by atoms with van der Waals surface area (Å²) < 4.78 is 0. The highest BCUT2D eigenvalue weighted by Crippen LogP contribution is 2.19. The number of rotatable bonds is 7. The summed E-state index contributed by atoms with van der Waals surface area (Å²) in [5.74, 6) is 0.673. The van der Waals surface area contributed by atoms with Crippen molar-refractivity contribution in [3.8, 4) is 11.5 Å². The van der Waals surface area contributed by atoms with E-state index in [4.69, 9.17) is 0 Å². The molecule has 0 spiro atoms. The summed E-state index contributed by atoms with van der Waals surface area (Å²) in [5, 5.41) is 3.09. The minimum atomic E-state index is -0.265. The number of aromatic amines is 1. The quantitative estimate of drug-likeness (QED) is 0.662. The zero-order valence-electron chi connectivity index (χ0n) is 16.1. The Balaban J connectivity index is 1.89. The summed E-state index contributed by atoms with van der Waals surface area (Å²) in [4.78, 5) is 36.1. The molecule has 0 radical (unpaired) electrons. The molecule has 0 saturated carbocycles. The molecule has 144 valence electrons. The van der Waals surface area contributed by atoms with E-state index < -0.39 is 0 Å². The third kappa shape index (κ3) is 5.36. The van der Waals surface area contributed by atoms with E-state index in [0.717, 1.165) is 5.56 Å². The molecule has 6 nitrogen and oxygen atoms in total. The SMILES string of the molecule is CC(C)CC(=O)N[C@@H](Cc1cc(=O)[nH]c(-c2ccccn2)n1)c1ccccc1. The molecule has 1 atom stereocenters. The number of H-pyrrole nitrogens is 1. The van der Waals surface area contributed by atoms with E-state index in [1.165, 1.54) is 6.07 Å². The Kier molecular flexibility index (Phi) is 6.32. The molecule has 6 heteroatoms. The van der Waals surface area contributed by atoms with Gasteiger partial charge < -0.3 is 10.3 Å². The molecule has 0 aliphatic rings. The van der Waals surface area contributed by atoms with Crippen LogP contribution in [-0.4, -0.2) is 20.9 Å². The summed E-state index contributed by atoms with van der Waals surface area (Å²) in [6, 6.07) is 16.4. The maximum Gasteiger partial charge on any atom is 0.251 e. The van der Waals surface area contributed by atoms with Gasteiger partial charge in [-0.15, -0.1) is 0 Å². The van der Waals surface area contributed by atoms with E-state index in [0.29, 0.717) is 30.1 Å². The van der Waals surface area contributed by atoms with Crippen LogP contribution in [0.3, 0.4) is 0 Å². The van der Waals surface area contributed by atoms with Crippen LogP contribution in [0, 0.1) is 5.92 Å². The van der Waals surface area contributed by atoms with Gasteiger partial charge in [0.2, 0.25) is 5.91 Å². The van der Waals surface area contributed by atoms with Gasteiger partial charge in [-0.05, 0) is 23.6 Å². The largest absolute Gasteiger partial charge is 0.349 e. The molecular formula is C22H24N4O2. The maximum atomic E-state index is 12.4. The summed E-state index contributed by atoms with van der Waals surface area (Å²) in [6.45, 7) is 4.02. The predicted octanol–water partition coefficient (Wildman–Crippen LogP) is 3.28. The molecule has 1 amide bonds. The first-order valence-corrected chi connectivity index (χ1v) is 9.37.